The Kier molecular flexibility index (Phi) is 4.45. The molecule has 0 fully saturated rings. The van der Waals surface area contributed by atoms with Crippen LogP contribution in [0.4, 0.5) is 17.6 Å². The van der Waals surface area contributed by atoms with Crippen molar-refractivity contribution in [3.8, 4) is 0 Å². The minimum absolute atomic E-state index is 0.381. The number of halogens is 4. The maximum Gasteiger partial charge on any atom is 0.165 e. The molecule has 11 heavy (non-hydrogen) atoms. The van der Waals surface area contributed by atoms with Crippen molar-refractivity contribution in [1.29, 1.82) is 0 Å². The average molecular weight is 171 g/mol. The fourth-order valence-electron chi connectivity index (χ4n) is 0.612. The summed E-state index contributed by atoms with van der Waals surface area (Å²) in [5.41, 5.74) is 0. The molecule has 0 rings (SSSR count). The molecule has 0 aliphatic rings. The number of rotatable bonds is 4. The first-order valence-corrected chi connectivity index (χ1v) is 3.36. The molecule has 0 N–H and O–H groups in total. The molecule has 0 saturated heterocycles. The van der Waals surface area contributed by atoms with Crippen molar-refractivity contribution in [2.24, 2.45) is 0 Å². The third-order valence-electron chi connectivity index (χ3n) is 1.36. The number of alkyl halides is 4. The van der Waals surface area contributed by atoms with Gasteiger partial charge in [-0.05, 0) is 13.3 Å². The molecule has 0 nitrogen and oxygen atoms in total. The highest BCUT2D eigenvalue weighted by molar-refractivity contribution is 4.80. The molecule has 0 spiro atoms. The van der Waals surface area contributed by atoms with Crippen LogP contribution in [0.3, 0.4) is 0 Å². The zero-order valence-electron chi connectivity index (χ0n) is 6.24. The summed E-state index contributed by atoms with van der Waals surface area (Å²) in [6, 6.07) is 0. The molecule has 0 saturated carbocycles. The van der Waals surface area contributed by atoms with E-state index in [2.05, 4.69) is 6.92 Å². The van der Waals surface area contributed by atoms with Crippen LogP contribution in [-0.4, -0.2) is 24.7 Å². The monoisotopic (exact) mass is 171 g/mol. The van der Waals surface area contributed by atoms with Crippen molar-refractivity contribution in [2.75, 3.05) is 0 Å². The molecule has 0 amide bonds. The second kappa shape index (κ2) is 4.57. The lowest BCUT2D eigenvalue weighted by atomic mass is 10.1. The Labute approximate surface area is 63.6 Å². The number of hydrogen-bond donors (Lipinski definition) is 0. The van der Waals surface area contributed by atoms with Gasteiger partial charge in [0.2, 0.25) is 0 Å². The van der Waals surface area contributed by atoms with Crippen LogP contribution in [0.5, 0.6) is 0 Å². The molecule has 4 atom stereocenters. The lowest BCUT2D eigenvalue weighted by molar-refractivity contribution is 0.0397. The Hall–Kier alpha value is -0.280. The van der Waals surface area contributed by atoms with Gasteiger partial charge in [-0.2, -0.15) is 0 Å². The highest BCUT2D eigenvalue weighted by Crippen LogP contribution is 2.18. The van der Waals surface area contributed by atoms with Gasteiger partial charge in [-0.25, -0.2) is 17.6 Å². The van der Waals surface area contributed by atoms with Crippen LogP contribution in [-0.2, 0) is 0 Å². The van der Waals surface area contributed by atoms with Gasteiger partial charge < -0.3 is 0 Å². The van der Waals surface area contributed by atoms with Crippen LogP contribution in [0.25, 0.3) is 0 Å². The molecule has 0 bridgehead atoms. The predicted molar refractivity (Wildman–Crippen MR) is 35.2 cm³/mol. The molecule has 0 aromatic heterocycles. The van der Waals surface area contributed by atoms with Crippen molar-refractivity contribution in [3.63, 3.8) is 0 Å². The van der Waals surface area contributed by atoms with Crippen molar-refractivity contribution in [1.82, 2.24) is 0 Å². The van der Waals surface area contributed by atoms with Crippen molar-refractivity contribution < 1.29 is 17.6 Å². The smallest absolute Gasteiger partial charge is 0.165 e. The van der Waals surface area contributed by atoms with Crippen molar-refractivity contribution in [3.05, 3.63) is 6.92 Å². The molecule has 0 aliphatic heterocycles. The molecular weight excluding hydrogens is 160 g/mol. The van der Waals surface area contributed by atoms with E-state index in [4.69, 9.17) is 0 Å². The third-order valence-corrected chi connectivity index (χ3v) is 1.36. The van der Waals surface area contributed by atoms with Gasteiger partial charge >= 0.3 is 0 Å². The van der Waals surface area contributed by atoms with E-state index in [9.17, 15) is 17.6 Å². The van der Waals surface area contributed by atoms with Crippen molar-refractivity contribution >= 4 is 0 Å². The van der Waals surface area contributed by atoms with Gasteiger partial charge in [0.05, 0.1) is 0 Å². The maximum absolute atomic E-state index is 12.4. The lowest BCUT2D eigenvalue weighted by Gasteiger charge is -2.16. The van der Waals surface area contributed by atoms with Crippen LogP contribution in [0.15, 0.2) is 0 Å². The summed E-state index contributed by atoms with van der Waals surface area (Å²) in [6.07, 6.45) is -9.15. The summed E-state index contributed by atoms with van der Waals surface area (Å²) >= 11 is 0. The largest absolute Gasteiger partial charge is 0.244 e. The number of hydrogen-bond acceptors (Lipinski definition) is 0. The Morgan fingerprint density at radius 2 is 1.55 bits per heavy atom. The second-order valence-electron chi connectivity index (χ2n) is 2.37. The molecular formula is C7H11F4. The van der Waals surface area contributed by atoms with E-state index in [1.54, 1.807) is 0 Å². The minimum Gasteiger partial charge on any atom is -0.244 e. The Balaban J connectivity index is 3.90. The van der Waals surface area contributed by atoms with E-state index < -0.39 is 24.7 Å². The van der Waals surface area contributed by atoms with Crippen LogP contribution in [0.2, 0.25) is 0 Å². The topological polar surface area (TPSA) is 0 Å². The van der Waals surface area contributed by atoms with Crippen LogP contribution >= 0.6 is 0 Å². The van der Waals surface area contributed by atoms with Gasteiger partial charge in [-0.3, -0.25) is 0 Å². The van der Waals surface area contributed by atoms with E-state index in [0.717, 1.165) is 6.92 Å². The first-order chi connectivity index (χ1) is 5.00. The summed E-state index contributed by atoms with van der Waals surface area (Å²) in [7, 11) is 0. The summed E-state index contributed by atoms with van der Waals surface area (Å²) < 4.78 is 49.1. The fraction of sp³-hybridized carbons (Fsp3) is 0.857. The van der Waals surface area contributed by atoms with E-state index in [1.165, 1.54) is 0 Å². The molecule has 0 aliphatic carbocycles. The molecule has 0 heterocycles. The van der Waals surface area contributed by atoms with E-state index in [-0.39, 0.29) is 6.42 Å². The zero-order valence-corrected chi connectivity index (χ0v) is 6.24. The third kappa shape index (κ3) is 3.08. The molecule has 67 valence electrons. The summed E-state index contributed by atoms with van der Waals surface area (Å²) in [5, 5.41) is 0. The summed E-state index contributed by atoms with van der Waals surface area (Å²) in [5.74, 6) is 0. The van der Waals surface area contributed by atoms with Gasteiger partial charge in [0.15, 0.2) is 12.3 Å². The van der Waals surface area contributed by atoms with E-state index >= 15 is 0 Å². The second-order valence-corrected chi connectivity index (χ2v) is 2.37. The van der Waals surface area contributed by atoms with Crippen LogP contribution in [0, 0.1) is 6.92 Å². The Bertz CT molecular complexity index is 105. The molecule has 3 unspecified atom stereocenters. The van der Waals surface area contributed by atoms with Gasteiger partial charge in [0, 0.05) is 0 Å². The Morgan fingerprint density at radius 1 is 1.09 bits per heavy atom. The molecule has 0 aromatic rings. The summed E-state index contributed by atoms with van der Waals surface area (Å²) in [4.78, 5) is 0. The highest BCUT2D eigenvalue weighted by atomic mass is 19.2. The maximum atomic E-state index is 12.4. The Morgan fingerprint density at radius 3 is 1.82 bits per heavy atom. The van der Waals surface area contributed by atoms with Gasteiger partial charge in [0.25, 0.3) is 0 Å². The first kappa shape index (κ1) is 10.7. The van der Waals surface area contributed by atoms with E-state index in [1.807, 2.05) is 0 Å². The standard InChI is InChI=1S/C7H11F4/c1-3-5(9)7(11)6(10)4(2)8/h4-7H,1,3H2,2H3/t4?,5?,6?,7-/m0/s1. The highest BCUT2D eigenvalue weighted by Gasteiger charge is 2.32. The SMILES string of the molecule is [CH2]CC(F)[C@H](F)C(F)C(C)F. The van der Waals surface area contributed by atoms with Gasteiger partial charge in [-0.15, -0.1) is 0 Å². The fourth-order valence-corrected chi connectivity index (χ4v) is 0.612. The lowest BCUT2D eigenvalue weighted by Crippen LogP contribution is -2.33. The average Bonchev–Trinajstić information content (AvgIpc) is 2.00. The first-order valence-electron chi connectivity index (χ1n) is 3.36. The normalized spacial score (nSPS) is 22.4. The summed E-state index contributed by atoms with van der Waals surface area (Å²) in [6.45, 7) is 3.90. The molecule has 4 heteroatoms. The zero-order chi connectivity index (χ0) is 9.02. The van der Waals surface area contributed by atoms with E-state index in [0.29, 0.717) is 0 Å². The van der Waals surface area contributed by atoms with Gasteiger partial charge in [0.1, 0.15) is 12.3 Å². The quantitative estimate of drug-likeness (QED) is 0.570. The molecule has 0 aromatic carbocycles. The minimum atomic E-state index is -2.40. The van der Waals surface area contributed by atoms with Crippen LogP contribution < -0.4 is 0 Å². The van der Waals surface area contributed by atoms with Crippen molar-refractivity contribution in [2.45, 2.75) is 38.0 Å². The molecule has 1 radical (unpaired) electrons. The van der Waals surface area contributed by atoms with Crippen LogP contribution in [0.1, 0.15) is 13.3 Å². The predicted octanol–water partition coefficient (Wildman–Crippen LogP) is 2.58. The van der Waals surface area contributed by atoms with Gasteiger partial charge in [-0.1, -0.05) is 6.92 Å².